The van der Waals surface area contributed by atoms with Crippen molar-refractivity contribution in [3.8, 4) is 0 Å². The minimum Gasteiger partial charge on any atom is -0.466 e. The number of esters is 6. The minimum absolute atomic E-state index is 0.0398. The van der Waals surface area contributed by atoms with Crippen LogP contribution in [0, 0.1) is 0 Å². The molecule has 0 fully saturated rings. The van der Waals surface area contributed by atoms with Crippen molar-refractivity contribution in [1.82, 2.24) is 0 Å². The number of carbonyl (C=O) groups excluding carboxylic acids is 6. The van der Waals surface area contributed by atoms with Crippen molar-refractivity contribution in [2.24, 2.45) is 0 Å². The summed E-state index contributed by atoms with van der Waals surface area (Å²) in [4.78, 5) is 74.9. The quantitative estimate of drug-likeness (QED) is 0.0760. The van der Waals surface area contributed by atoms with E-state index < -0.39 is 73.4 Å². The Labute approximate surface area is 266 Å². The van der Waals surface area contributed by atoms with E-state index >= 15 is 0 Å². The first-order chi connectivity index (χ1) is 21.6. The molecule has 0 rings (SSSR count). The molecule has 0 amide bonds. The Bertz CT molecular complexity index is 873. The summed E-state index contributed by atoms with van der Waals surface area (Å²) in [5.41, 5.74) is 0. The van der Waals surface area contributed by atoms with Crippen LogP contribution in [0.2, 0.25) is 0 Å². The number of unbranched alkanes of at least 4 members (excludes halogenated alkanes) is 8. The summed E-state index contributed by atoms with van der Waals surface area (Å²) in [6.45, 7) is 8.26. The number of carbonyl (C=O) groups is 6. The highest BCUT2D eigenvalue weighted by molar-refractivity contribution is 5.88. The molecule has 0 bridgehead atoms. The fourth-order valence-electron chi connectivity index (χ4n) is 3.75. The van der Waals surface area contributed by atoms with Crippen molar-refractivity contribution in [3.63, 3.8) is 0 Å². The molecule has 260 valence electrons. The van der Waals surface area contributed by atoms with Gasteiger partial charge in [0.05, 0.1) is 45.7 Å². The fraction of sp³-hybridized carbons (Fsp3) is 0.812. The molecule has 0 aliphatic rings. The summed E-state index contributed by atoms with van der Waals surface area (Å²) in [5, 5.41) is 10.3. The zero-order chi connectivity index (χ0) is 33.9. The van der Waals surface area contributed by atoms with Gasteiger partial charge in [0.1, 0.15) is 0 Å². The van der Waals surface area contributed by atoms with Crippen LogP contribution in [0.25, 0.3) is 0 Å². The second-order valence-corrected chi connectivity index (χ2v) is 10.6. The molecule has 13 heteroatoms. The lowest BCUT2D eigenvalue weighted by atomic mass is 10.2. The number of rotatable bonds is 27. The molecule has 0 aliphatic carbocycles. The van der Waals surface area contributed by atoms with E-state index in [2.05, 4.69) is 0 Å². The Kier molecular flexibility index (Phi) is 25.2. The number of aliphatic hydroxyl groups is 1. The van der Waals surface area contributed by atoms with Gasteiger partial charge in [-0.15, -0.1) is 0 Å². The van der Waals surface area contributed by atoms with Crippen molar-refractivity contribution >= 4 is 35.8 Å². The third kappa shape index (κ3) is 22.0. The molecule has 0 spiro atoms. The maximum absolute atomic E-state index is 12.6. The maximum Gasteiger partial charge on any atom is 0.348 e. The molecule has 0 aromatic rings. The minimum atomic E-state index is -2.12. The monoisotopic (exact) mass is 646 g/mol. The second kappa shape index (κ2) is 27.1. The van der Waals surface area contributed by atoms with E-state index in [-0.39, 0.29) is 26.4 Å². The predicted molar refractivity (Wildman–Crippen MR) is 162 cm³/mol. The van der Waals surface area contributed by atoms with Crippen molar-refractivity contribution in [1.29, 1.82) is 0 Å². The smallest absolute Gasteiger partial charge is 0.348 e. The first-order valence-corrected chi connectivity index (χ1v) is 16.3. The molecule has 0 radical (unpaired) electrons. The van der Waals surface area contributed by atoms with Gasteiger partial charge in [0.15, 0.2) is 6.10 Å². The molecule has 45 heavy (non-hydrogen) atoms. The molecule has 3 atom stereocenters. The van der Waals surface area contributed by atoms with E-state index in [1.807, 2.05) is 27.7 Å². The first kappa shape index (κ1) is 41.8. The Hall–Kier alpha value is -3.22. The van der Waals surface area contributed by atoms with E-state index in [9.17, 15) is 33.9 Å². The lowest BCUT2D eigenvalue weighted by Crippen LogP contribution is -2.38. The molecule has 0 saturated heterocycles. The van der Waals surface area contributed by atoms with E-state index in [4.69, 9.17) is 28.4 Å². The molecule has 0 saturated carbocycles. The van der Waals surface area contributed by atoms with Crippen LogP contribution in [-0.2, 0) is 57.2 Å². The Morgan fingerprint density at radius 1 is 0.444 bits per heavy atom. The van der Waals surface area contributed by atoms with Crippen molar-refractivity contribution in [2.45, 2.75) is 142 Å². The molecule has 0 aromatic carbocycles. The average Bonchev–Trinajstić information content (AvgIpc) is 3.00. The summed E-state index contributed by atoms with van der Waals surface area (Å²) < 4.78 is 30.6. The summed E-state index contributed by atoms with van der Waals surface area (Å²) in [6.07, 6.45) is 1.53. The number of aliphatic hydroxyl groups excluding tert-OH is 1. The number of hydrogen-bond donors (Lipinski definition) is 1. The Balaban J connectivity index is 5.30. The molecular weight excluding hydrogens is 592 g/mol. The summed E-state index contributed by atoms with van der Waals surface area (Å²) in [5.74, 6) is -6.15. The zero-order valence-electron chi connectivity index (χ0n) is 27.5. The van der Waals surface area contributed by atoms with Gasteiger partial charge in [0, 0.05) is 0 Å². The molecular formula is C32H54O13. The van der Waals surface area contributed by atoms with Gasteiger partial charge < -0.3 is 33.5 Å². The van der Waals surface area contributed by atoms with Gasteiger partial charge in [0.2, 0.25) is 12.2 Å². The normalized spacial score (nSPS) is 12.7. The molecule has 3 unspecified atom stereocenters. The van der Waals surface area contributed by atoms with Crippen LogP contribution < -0.4 is 0 Å². The predicted octanol–water partition coefficient (Wildman–Crippen LogP) is 4.27. The van der Waals surface area contributed by atoms with Crippen LogP contribution in [0.1, 0.15) is 124 Å². The molecule has 13 nitrogen and oxygen atoms in total. The Morgan fingerprint density at radius 3 is 1.18 bits per heavy atom. The first-order valence-electron chi connectivity index (χ1n) is 16.3. The van der Waals surface area contributed by atoms with Crippen LogP contribution in [0.4, 0.5) is 0 Å². The van der Waals surface area contributed by atoms with Crippen LogP contribution in [0.15, 0.2) is 0 Å². The highest BCUT2D eigenvalue weighted by atomic mass is 16.6. The van der Waals surface area contributed by atoms with Crippen LogP contribution >= 0.6 is 0 Å². The summed E-state index contributed by atoms with van der Waals surface area (Å²) >= 11 is 0. The van der Waals surface area contributed by atoms with Gasteiger partial charge in [-0.05, 0) is 25.7 Å². The molecule has 1 N–H and O–H groups in total. The van der Waals surface area contributed by atoms with Gasteiger partial charge in [-0.1, -0.05) is 79.1 Å². The maximum atomic E-state index is 12.6. The van der Waals surface area contributed by atoms with E-state index in [0.29, 0.717) is 25.7 Å². The van der Waals surface area contributed by atoms with Crippen LogP contribution in [0.5, 0.6) is 0 Å². The Morgan fingerprint density at radius 2 is 0.800 bits per heavy atom. The van der Waals surface area contributed by atoms with Crippen molar-refractivity contribution in [3.05, 3.63) is 0 Å². The van der Waals surface area contributed by atoms with E-state index in [1.54, 1.807) is 0 Å². The standard InChI is InChI=1S/C32H54O13/c1-5-9-13-17-40-27(34)22-25(31(38)42-19-15-11-7-3)44-29(36)21-24(33)30(37)45-26(32(39)43-20-16-12-8-4)23-28(35)41-18-14-10-6-2/h24-26,33H,5-23H2,1-4H3. The number of ether oxygens (including phenoxy) is 6. The fourth-order valence-corrected chi connectivity index (χ4v) is 3.75. The molecule has 0 aromatic heterocycles. The zero-order valence-corrected chi connectivity index (χ0v) is 27.5. The van der Waals surface area contributed by atoms with Gasteiger partial charge in [-0.25, -0.2) is 14.4 Å². The lowest BCUT2D eigenvalue weighted by Gasteiger charge is -2.19. The van der Waals surface area contributed by atoms with Gasteiger partial charge in [0.25, 0.3) is 0 Å². The third-order valence-corrected chi connectivity index (χ3v) is 6.40. The van der Waals surface area contributed by atoms with Crippen molar-refractivity contribution < 1.29 is 62.3 Å². The summed E-state index contributed by atoms with van der Waals surface area (Å²) in [7, 11) is 0. The van der Waals surface area contributed by atoms with Crippen LogP contribution in [-0.4, -0.2) is 85.7 Å². The van der Waals surface area contributed by atoms with Gasteiger partial charge >= 0.3 is 35.8 Å². The average molecular weight is 647 g/mol. The molecule has 0 aliphatic heterocycles. The second-order valence-electron chi connectivity index (χ2n) is 10.6. The van der Waals surface area contributed by atoms with E-state index in [0.717, 1.165) is 51.4 Å². The third-order valence-electron chi connectivity index (χ3n) is 6.40. The van der Waals surface area contributed by atoms with Crippen molar-refractivity contribution in [2.75, 3.05) is 26.4 Å². The van der Waals surface area contributed by atoms with E-state index in [1.165, 1.54) is 0 Å². The van der Waals surface area contributed by atoms with Crippen LogP contribution in [0.3, 0.4) is 0 Å². The topological polar surface area (TPSA) is 178 Å². The number of hydrogen-bond acceptors (Lipinski definition) is 13. The highest BCUT2D eigenvalue weighted by Crippen LogP contribution is 2.12. The van der Waals surface area contributed by atoms with Gasteiger partial charge in [-0.3, -0.25) is 14.4 Å². The summed E-state index contributed by atoms with van der Waals surface area (Å²) in [6, 6.07) is 0. The lowest BCUT2D eigenvalue weighted by molar-refractivity contribution is -0.180. The largest absolute Gasteiger partial charge is 0.466 e. The highest BCUT2D eigenvalue weighted by Gasteiger charge is 2.34. The van der Waals surface area contributed by atoms with Gasteiger partial charge in [-0.2, -0.15) is 0 Å². The SMILES string of the molecule is CCCCCOC(=O)CC(OC(=O)CC(O)C(=O)OC(CC(=O)OCCCCC)C(=O)OCCCCC)C(=O)OCCCCC. The molecule has 0 heterocycles.